The number of fused-ring (bicyclic) bond motifs is 1. The molecule has 5 nitrogen and oxygen atoms in total. The molecule has 2 rings (SSSR count). The lowest BCUT2D eigenvalue weighted by Gasteiger charge is -2.22. The van der Waals surface area contributed by atoms with E-state index in [0.717, 1.165) is 5.57 Å². The number of nitrogens with two attached hydrogens (primary N) is 1. The molecule has 0 aromatic heterocycles. The second-order valence-corrected chi connectivity index (χ2v) is 3.42. The molecule has 76 valence electrons. The van der Waals surface area contributed by atoms with Crippen LogP contribution in [0.4, 0.5) is 0 Å². The molecular formula is C10H11N5. The maximum Gasteiger partial charge on any atom is 0.181 e. The van der Waals surface area contributed by atoms with Crippen molar-refractivity contribution in [3.8, 4) is 0 Å². The van der Waals surface area contributed by atoms with Gasteiger partial charge in [-0.2, -0.15) is 0 Å². The Bertz CT molecular complexity index is 452. The van der Waals surface area contributed by atoms with E-state index >= 15 is 0 Å². The van der Waals surface area contributed by atoms with Gasteiger partial charge in [-0.3, -0.25) is 5.73 Å². The number of allylic oxidation sites excluding steroid dienone is 2. The van der Waals surface area contributed by atoms with Crippen LogP contribution in [-0.4, -0.2) is 29.9 Å². The fraction of sp³-hybridized carbons (Fsp3) is 0.200. The van der Waals surface area contributed by atoms with Crippen LogP contribution in [0.2, 0.25) is 0 Å². The van der Waals surface area contributed by atoms with Crippen LogP contribution in [0.15, 0.2) is 44.3 Å². The van der Waals surface area contributed by atoms with Crippen molar-refractivity contribution in [2.24, 2.45) is 25.7 Å². The second-order valence-electron chi connectivity index (χ2n) is 3.42. The summed E-state index contributed by atoms with van der Waals surface area (Å²) in [5.74, 6) is 0.527. The summed E-state index contributed by atoms with van der Waals surface area (Å²) in [5.41, 5.74) is 6.58. The minimum Gasteiger partial charge on any atom is -0.299 e. The molecule has 0 bridgehead atoms. The van der Waals surface area contributed by atoms with Crippen LogP contribution in [-0.2, 0) is 0 Å². The molecule has 0 saturated heterocycles. The van der Waals surface area contributed by atoms with Crippen LogP contribution in [0, 0.1) is 0 Å². The first-order chi connectivity index (χ1) is 7.12. The lowest BCUT2D eigenvalue weighted by molar-refractivity contribution is 0.748. The quantitative estimate of drug-likeness (QED) is 0.656. The van der Waals surface area contributed by atoms with Crippen LogP contribution in [0.25, 0.3) is 0 Å². The highest BCUT2D eigenvalue weighted by Crippen LogP contribution is 2.16. The van der Waals surface area contributed by atoms with Crippen LogP contribution in [0.3, 0.4) is 0 Å². The number of rotatable bonds is 2. The molecule has 0 saturated carbocycles. The average Bonchev–Trinajstić information content (AvgIpc) is 2.65. The number of aliphatic imine (C=N–C) groups is 4. The molecule has 5 heteroatoms. The smallest absolute Gasteiger partial charge is 0.181 e. The molecule has 1 unspecified atom stereocenters. The van der Waals surface area contributed by atoms with Crippen LogP contribution in [0.5, 0.6) is 0 Å². The third kappa shape index (κ3) is 1.69. The van der Waals surface area contributed by atoms with Gasteiger partial charge in [-0.15, -0.1) is 0 Å². The van der Waals surface area contributed by atoms with Gasteiger partial charge < -0.3 is 0 Å². The zero-order valence-corrected chi connectivity index (χ0v) is 8.38. The zero-order chi connectivity index (χ0) is 10.9. The summed E-state index contributed by atoms with van der Waals surface area (Å²) in [4.78, 5) is 16.1. The van der Waals surface area contributed by atoms with Gasteiger partial charge in [0.1, 0.15) is 18.4 Å². The van der Waals surface area contributed by atoms with Crippen molar-refractivity contribution in [3.63, 3.8) is 0 Å². The van der Waals surface area contributed by atoms with Crippen LogP contribution >= 0.6 is 0 Å². The Kier molecular flexibility index (Phi) is 2.17. The van der Waals surface area contributed by atoms with Crippen molar-refractivity contribution in [1.29, 1.82) is 0 Å². The van der Waals surface area contributed by atoms with Crippen molar-refractivity contribution in [3.05, 3.63) is 24.3 Å². The van der Waals surface area contributed by atoms with E-state index in [1.165, 1.54) is 12.7 Å². The molecule has 0 aromatic rings. The molecule has 0 aromatic carbocycles. The van der Waals surface area contributed by atoms with Crippen molar-refractivity contribution >= 4 is 24.2 Å². The van der Waals surface area contributed by atoms with E-state index in [4.69, 9.17) is 5.73 Å². The maximum absolute atomic E-state index is 6.08. The summed E-state index contributed by atoms with van der Waals surface area (Å²) in [6, 6.07) is 0. The van der Waals surface area contributed by atoms with Crippen molar-refractivity contribution < 1.29 is 0 Å². The molecule has 2 N–H and O–H groups in total. The number of hydrogen-bond acceptors (Lipinski definition) is 5. The first-order valence-electron chi connectivity index (χ1n) is 4.48. The summed E-state index contributed by atoms with van der Waals surface area (Å²) in [6.45, 7) is 5.64. The first kappa shape index (κ1) is 9.67. The summed E-state index contributed by atoms with van der Waals surface area (Å²) >= 11 is 0. The summed E-state index contributed by atoms with van der Waals surface area (Å²) in [6.07, 6.45) is 6.38. The molecule has 0 spiro atoms. The second kappa shape index (κ2) is 3.36. The lowest BCUT2D eigenvalue weighted by Crippen LogP contribution is -2.48. The minimum absolute atomic E-state index is 0.527. The molecule has 2 heterocycles. The lowest BCUT2D eigenvalue weighted by atomic mass is 10.0. The fourth-order valence-corrected chi connectivity index (χ4v) is 1.27. The maximum atomic E-state index is 6.08. The highest BCUT2D eigenvalue weighted by molar-refractivity contribution is 6.51. The Balaban J connectivity index is 2.34. The van der Waals surface area contributed by atoms with E-state index in [1.807, 2.05) is 6.92 Å². The number of amidine groups is 1. The molecular weight excluding hydrogens is 190 g/mol. The molecule has 0 aliphatic carbocycles. The highest BCUT2D eigenvalue weighted by atomic mass is 15.2. The van der Waals surface area contributed by atoms with Crippen molar-refractivity contribution in [2.45, 2.75) is 12.6 Å². The minimum atomic E-state index is -0.966. The average molecular weight is 201 g/mol. The van der Waals surface area contributed by atoms with Crippen LogP contribution in [0.1, 0.15) is 6.92 Å². The Hall–Kier alpha value is -1.88. The monoisotopic (exact) mass is 201 g/mol. The topological polar surface area (TPSA) is 75.5 Å². The van der Waals surface area contributed by atoms with Crippen molar-refractivity contribution in [1.82, 2.24) is 0 Å². The molecule has 15 heavy (non-hydrogen) atoms. The highest BCUT2D eigenvalue weighted by Gasteiger charge is 2.34. The molecule has 1 atom stereocenters. The molecule has 0 radical (unpaired) electrons. The molecule has 0 amide bonds. The number of nitrogens with zero attached hydrogens (tertiary/aromatic N) is 4. The van der Waals surface area contributed by atoms with Gasteiger partial charge in [-0.25, -0.2) is 20.0 Å². The molecule has 2 aliphatic rings. The Labute approximate surface area is 87.6 Å². The predicted octanol–water partition coefficient (Wildman–Crippen LogP) is 0.697. The summed E-state index contributed by atoms with van der Waals surface area (Å²) in [5, 5.41) is 0. The van der Waals surface area contributed by atoms with Crippen molar-refractivity contribution in [2.75, 3.05) is 0 Å². The predicted molar refractivity (Wildman–Crippen MR) is 62.7 cm³/mol. The summed E-state index contributed by atoms with van der Waals surface area (Å²) in [7, 11) is 0. The third-order valence-electron chi connectivity index (χ3n) is 2.03. The van der Waals surface area contributed by atoms with E-state index in [9.17, 15) is 0 Å². The fourth-order valence-electron chi connectivity index (χ4n) is 1.27. The first-order valence-corrected chi connectivity index (χ1v) is 4.48. The normalized spacial score (nSPS) is 27.9. The van der Waals surface area contributed by atoms with Gasteiger partial charge in [-0.05, 0) is 13.0 Å². The third-order valence-corrected chi connectivity index (χ3v) is 2.03. The van der Waals surface area contributed by atoms with Gasteiger partial charge in [0.15, 0.2) is 11.5 Å². The van der Waals surface area contributed by atoms with E-state index < -0.39 is 5.66 Å². The van der Waals surface area contributed by atoms with Gasteiger partial charge >= 0.3 is 0 Å². The van der Waals surface area contributed by atoms with Gasteiger partial charge in [0, 0.05) is 0 Å². The van der Waals surface area contributed by atoms with E-state index in [2.05, 4.69) is 26.5 Å². The standard InChI is InChI=1S/C10H11N5/c1-7(2)3-4-10(11)8-9(13-5-12-8)14-6-15-10/h3-6H,1,11H2,2H3. The van der Waals surface area contributed by atoms with E-state index in [1.54, 1.807) is 12.2 Å². The van der Waals surface area contributed by atoms with Gasteiger partial charge in [0.05, 0.1) is 0 Å². The molecule has 0 fully saturated rings. The Morgan fingerprint density at radius 2 is 2.27 bits per heavy atom. The molecule has 2 aliphatic heterocycles. The van der Waals surface area contributed by atoms with E-state index in [-0.39, 0.29) is 0 Å². The van der Waals surface area contributed by atoms with E-state index in [0.29, 0.717) is 11.5 Å². The SMILES string of the molecule is C=C(C)C=CC1(N)N=CN=C2N=CN=C21. The van der Waals surface area contributed by atoms with Gasteiger partial charge in [0.2, 0.25) is 0 Å². The Morgan fingerprint density at radius 3 is 3.00 bits per heavy atom. The number of hydrogen-bond donors (Lipinski definition) is 1. The van der Waals surface area contributed by atoms with Crippen LogP contribution < -0.4 is 5.73 Å². The van der Waals surface area contributed by atoms with Gasteiger partial charge in [0.25, 0.3) is 0 Å². The largest absolute Gasteiger partial charge is 0.299 e. The van der Waals surface area contributed by atoms with Gasteiger partial charge in [-0.1, -0.05) is 18.2 Å². The summed E-state index contributed by atoms with van der Waals surface area (Å²) < 4.78 is 0. The Morgan fingerprint density at radius 1 is 1.47 bits per heavy atom. The zero-order valence-electron chi connectivity index (χ0n) is 8.38.